The zero-order chi connectivity index (χ0) is 11.8. The van der Waals surface area contributed by atoms with E-state index in [0.29, 0.717) is 0 Å². The molecule has 0 aromatic carbocycles. The van der Waals surface area contributed by atoms with Crippen LogP contribution in [-0.4, -0.2) is 71.7 Å². The molecule has 0 amide bonds. The molecule has 0 fully saturated rings. The summed E-state index contributed by atoms with van der Waals surface area (Å²) in [6, 6.07) is -1.05. The Kier molecular flexibility index (Phi) is 10.9. The van der Waals surface area contributed by atoms with E-state index in [-0.39, 0.29) is 42.6 Å². The molecule has 0 aliphatic carbocycles. The number of carbonyl (C=O) groups is 3. The van der Waals surface area contributed by atoms with E-state index in [9.17, 15) is 14.4 Å². The van der Waals surface area contributed by atoms with Crippen LogP contribution < -0.4 is 11.1 Å². The standard InChI is InChI=1S/C8H14N2O5.Na.H/c1-5(11)15-8(14)6(4-7(12)13)10-3-2-9;;/h6,10H,2-4,9H2,1H3,(H,12,13);;. The van der Waals surface area contributed by atoms with E-state index in [1.807, 2.05) is 0 Å². The normalized spacial score (nSPS) is 11.1. The van der Waals surface area contributed by atoms with E-state index in [4.69, 9.17) is 10.8 Å². The van der Waals surface area contributed by atoms with Crippen LogP contribution in [0.2, 0.25) is 0 Å². The van der Waals surface area contributed by atoms with Gasteiger partial charge in [-0.25, -0.2) is 4.79 Å². The summed E-state index contributed by atoms with van der Waals surface area (Å²) in [6.07, 6.45) is -0.452. The van der Waals surface area contributed by atoms with Crippen molar-refractivity contribution >= 4 is 47.5 Å². The van der Waals surface area contributed by atoms with Gasteiger partial charge in [0.25, 0.3) is 0 Å². The third kappa shape index (κ3) is 8.81. The van der Waals surface area contributed by atoms with Crippen LogP contribution in [0.25, 0.3) is 0 Å². The minimum atomic E-state index is -1.16. The third-order valence-corrected chi connectivity index (χ3v) is 1.44. The zero-order valence-corrected chi connectivity index (χ0v) is 8.36. The summed E-state index contributed by atoms with van der Waals surface area (Å²) in [5, 5.41) is 11.1. The first-order valence-corrected chi connectivity index (χ1v) is 4.35. The number of carboxylic acid groups (broad SMARTS) is 1. The molecule has 0 bridgehead atoms. The van der Waals surface area contributed by atoms with Gasteiger partial charge in [0.2, 0.25) is 0 Å². The number of rotatable bonds is 6. The van der Waals surface area contributed by atoms with Gasteiger partial charge >= 0.3 is 47.5 Å². The fourth-order valence-corrected chi connectivity index (χ4v) is 0.884. The summed E-state index contributed by atoms with van der Waals surface area (Å²) in [6.45, 7) is 1.59. The van der Waals surface area contributed by atoms with Gasteiger partial charge in [-0.2, -0.15) is 0 Å². The first kappa shape index (κ1) is 17.9. The van der Waals surface area contributed by atoms with Crippen LogP contribution in [0.15, 0.2) is 0 Å². The van der Waals surface area contributed by atoms with Crippen LogP contribution in [0.5, 0.6) is 0 Å². The van der Waals surface area contributed by atoms with Crippen molar-refractivity contribution in [3.05, 3.63) is 0 Å². The second kappa shape index (κ2) is 9.73. The molecule has 0 aliphatic rings. The maximum atomic E-state index is 11.2. The monoisotopic (exact) mass is 242 g/mol. The van der Waals surface area contributed by atoms with Crippen LogP contribution in [-0.2, 0) is 19.1 Å². The number of nitrogens with one attached hydrogen (secondary N) is 1. The maximum absolute atomic E-state index is 11.2. The van der Waals surface area contributed by atoms with Crippen molar-refractivity contribution in [2.75, 3.05) is 13.1 Å². The van der Waals surface area contributed by atoms with E-state index in [1.165, 1.54) is 0 Å². The number of hydrogen-bond acceptors (Lipinski definition) is 6. The van der Waals surface area contributed by atoms with E-state index < -0.39 is 30.4 Å². The number of carbonyl (C=O) groups excluding carboxylic acids is 2. The van der Waals surface area contributed by atoms with Crippen molar-refractivity contribution in [2.24, 2.45) is 5.73 Å². The predicted octanol–water partition coefficient (Wildman–Crippen LogP) is -2.18. The third-order valence-electron chi connectivity index (χ3n) is 1.44. The molecule has 1 unspecified atom stereocenters. The van der Waals surface area contributed by atoms with Gasteiger partial charge in [-0.05, 0) is 0 Å². The number of hydrogen-bond donors (Lipinski definition) is 3. The summed E-state index contributed by atoms with van der Waals surface area (Å²) in [5.74, 6) is -2.84. The topological polar surface area (TPSA) is 119 Å². The Labute approximate surface area is 115 Å². The van der Waals surface area contributed by atoms with Crippen LogP contribution >= 0.6 is 0 Å². The van der Waals surface area contributed by atoms with Gasteiger partial charge in [-0.15, -0.1) is 0 Å². The Morgan fingerprint density at radius 2 is 2.00 bits per heavy atom. The zero-order valence-electron chi connectivity index (χ0n) is 8.36. The number of carboxylic acids is 1. The van der Waals surface area contributed by atoms with Crippen molar-refractivity contribution in [3.8, 4) is 0 Å². The molecule has 1 atom stereocenters. The Morgan fingerprint density at radius 1 is 1.44 bits per heavy atom. The predicted molar refractivity (Wildman–Crippen MR) is 57.0 cm³/mol. The molecule has 0 rings (SSSR count). The van der Waals surface area contributed by atoms with Crippen LogP contribution in [0.1, 0.15) is 13.3 Å². The van der Waals surface area contributed by atoms with Crippen molar-refractivity contribution in [1.82, 2.24) is 5.32 Å². The summed E-state index contributed by atoms with van der Waals surface area (Å²) in [7, 11) is 0. The molecular weight excluding hydrogens is 227 g/mol. The molecule has 4 N–H and O–H groups in total. The van der Waals surface area contributed by atoms with Crippen molar-refractivity contribution in [3.63, 3.8) is 0 Å². The van der Waals surface area contributed by atoms with Gasteiger partial charge in [0.1, 0.15) is 6.04 Å². The van der Waals surface area contributed by atoms with Crippen molar-refractivity contribution in [2.45, 2.75) is 19.4 Å². The van der Waals surface area contributed by atoms with E-state index in [0.717, 1.165) is 6.92 Å². The first-order valence-electron chi connectivity index (χ1n) is 4.35. The molecule has 0 saturated carbocycles. The molecule has 0 radical (unpaired) electrons. The Hall–Kier alpha value is -0.470. The van der Waals surface area contributed by atoms with E-state index >= 15 is 0 Å². The van der Waals surface area contributed by atoms with Gasteiger partial charge in [0.15, 0.2) is 0 Å². The fraction of sp³-hybridized carbons (Fsp3) is 0.625. The minimum absolute atomic E-state index is 0. The van der Waals surface area contributed by atoms with Crippen LogP contribution in [0, 0.1) is 0 Å². The number of aliphatic carboxylic acids is 1. The average Bonchev–Trinajstić information content (AvgIpc) is 2.10. The van der Waals surface area contributed by atoms with Gasteiger partial charge in [0, 0.05) is 20.0 Å². The summed E-state index contributed by atoms with van der Waals surface area (Å²) < 4.78 is 4.27. The summed E-state index contributed by atoms with van der Waals surface area (Å²) in [4.78, 5) is 32.1. The SMILES string of the molecule is CC(=O)OC(=O)C(CC(=O)O)NCCN.[NaH]. The molecule has 8 heteroatoms. The van der Waals surface area contributed by atoms with Crippen LogP contribution in [0.3, 0.4) is 0 Å². The van der Waals surface area contributed by atoms with Gasteiger partial charge < -0.3 is 20.9 Å². The fourth-order valence-electron chi connectivity index (χ4n) is 0.884. The molecule has 0 heterocycles. The van der Waals surface area contributed by atoms with Crippen LogP contribution in [0.4, 0.5) is 0 Å². The average molecular weight is 242 g/mol. The van der Waals surface area contributed by atoms with E-state index in [1.54, 1.807) is 0 Å². The summed E-state index contributed by atoms with van der Waals surface area (Å²) >= 11 is 0. The van der Waals surface area contributed by atoms with Gasteiger partial charge in [0.05, 0.1) is 6.42 Å². The molecule has 0 aromatic heterocycles. The Bertz CT molecular complexity index is 259. The molecular formula is C8H15N2NaO5. The molecule has 0 aliphatic heterocycles. The molecule has 0 spiro atoms. The number of esters is 2. The van der Waals surface area contributed by atoms with E-state index in [2.05, 4.69) is 10.1 Å². The van der Waals surface area contributed by atoms with Crippen molar-refractivity contribution < 1.29 is 24.2 Å². The molecule has 7 nitrogen and oxygen atoms in total. The van der Waals surface area contributed by atoms with Crippen molar-refractivity contribution in [1.29, 1.82) is 0 Å². The number of nitrogens with two attached hydrogens (primary N) is 1. The Morgan fingerprint density at radius 3 is 2.38 bits per heavy atom. The first-order chi connectivity index (χ1) is 6.97. The molecule has 88 valence electrons. The quantitative estimate of drug-likeness (QED) is 0.275. The van der Waals surface area contributed by atoms with Gasteiger partial charge in [-0.1, -0.05) is 0 Å². The van der Waals surface area contributed by atoms with Gasteiger partial charge in [-0.3, -0.25) is 9.59 Å². The number of ether oxygens (including phenoxy) is 1. The molecule has 16 heavy (non-hydrogen) atoms. The Balaban J connectivity index is 0. The summed E-state index contributed by atoms with van der Waals surface area (Å²) in [5.41, 5.74) is 5.18. The second-order valence-electron chi connectivity index (χ2n) is 2.81. The molecule has 0 saturated heterocycles. The second-order valence-corrected chi connectivity index (χ2v) is 2.81. The molecule has 0 aromatic rings.